The Bertz CT molecular complexity index is 1480. The number of benzene rings is 2. The number of hydrogen-bond donors (Lipinski definition) is 1. The Morgan fingerprint density at radius 3 is 2.65 bits per heavy atom. The Labute approximate surface area is 205 Å². The first-order valence-electron chi connectivity index (χ1n) is 10.8. The Kier molecular flexibility index (Phi) is 5.97. The van der Waals surface area contributed by atoms with Gasteiger partial charge in [-0.2, -0.15) is 0 Å². The molecule has 34 heavy (non-hydrogen) atoms. The van der Waals surface area contributed by atoms with E-state index in [4.69, 9.17) is 9.40 Å². The highest BCUT2D eigenvalue weighted by atomic mass is 32.2. The van der Waals surface area contributed by atoms with Crippen molar-refractivity contribution in [1.29, 1.82) is 0 Å². The van der Waals surface area contributed by atoms with Crippen LogP contribution in [0.3, 0.4) is 0 Å². The fourth-order valence-electron chi connectivity index (χ4n) is 3.58. The van der Waals surface area contributed by atoms with E-state index in [1.807, 2.05) is 55.8 Å². The van der Waals surface area contributed by atoms with Crippen molar-refractivity contribution >= 4 is 44.9 Å². The average Bonchev–Trinajstić information content (AvgIpc) is 3.53. The average molecular weight is 490 g/mol. The summed E-state index contributed by atoms with van der Waals surface area (Å²) < 4.78 is 8.42. The van der Waals surface area contributed by atoms with Crippen LogP contribution in [0.4, 0.5) is 5.69 Å². The fourth-order valence-corrected chi connectivity index (χ4v) is 5.46. The van der Waals surface area contributed by atoms with E-state index in [0.29, 0.717) is 11.0 Å². The van der Waals surface area contributed by atoms with E-state index in [1.54, 1.807) is 17.6 Å². The van der Waals surface area contributed by atoms with E-state index in [-0.39, 0.29) is 11.2 Å². The molecular formula is C25H23N5O2S2. The van der Waals surface area contributed by atoms with Crippen molar-refractivity contribution in [2.75, 3.05) is 5.32 Å². The molecule has 0 radical (unpaired) electrons. The van der Waals surface area contributed by atoms with Crippen LogP contribution in [-0.4, -0.2) is 30.9 Å². The second-order valence-corrected chi connectivity index (χ2v) is 10.4. The van der Waals surface area contributed by atoms with Gasteiger partial charge in [0.15, 0.2) is 11.0 Å². The Hall–Kier alpha value is -3.43. The van der Waals surface area contributed by atoms with Crippen molar-refractivity contribution in [1.82, 2.24) is 19.7 Å². The molecular weight excluding hydrogens is 466 g/mol. The van der Waals surface area contributed by atoms with Crippen LogP contribution in [0.15, 0.2) is 64.4 Å². The lowest BCUT2D eigenvalue weighted by atomic mass is 10.2. The largest absolute Gasteiger partial charge is 0.469 e. The summed E-state index contributed by atoms with van der Waals surface area (Å²) >= 11 is 3.03. The summed E-state index contributed by atoms with van der Waals surface area (Å²) in [6.45, 7) is 5.82. The van der Waals surface area contributed by atoms with Gasteiger partial charge in [-0.25, -0.2) is 4.98 Å². The number of carbonyl (C=O) groups is 1. The Balaban J connectivity index is 1.25. The Morgan fingerprint density at radius 2 is 1.91 bits per heavy atom. The predicted octanol–water partition coefficient (Wildman–Crippen LogP) is 6.09. The lowest BCUT2D eigenvalue weighted by Crippen LogP contribution is -2.22. The molecule has 1 unspecified atom stereocenters. The molecule has 0 fully saturated rings. The number of aromatic nitrogens is 4. The summed E-state index contributed by atoms with van der Waals surface area (Å²) in [4.78, 5) is 17.5. The second-order valence-electron chi connectivity index (χ2n) is 8.07. The highest BCUT2D eigenvalue weighted by molar-refractivity contribution is 8.00. The molecule has 5 aromatic rings. The van der Waals surface area contributed by atoms with Crippen LogP contribution in [0.2, 0.25) is 0 Å². The minimum Gasteiger partial charge on any atom is -0.469 e. The third-order valence-electron chi connectivity index (χ3n) is 5.53. The number of rotatable bonds is 6. The minimum atomic E-state index is -0.353. The quantitative estimate of drug-likeness (QED) is 0.291. The number of thiazole rings is 1. The maximum Gasteiger partial charge on any atom is 0.237 e. The molecule has 1 amide bonds. The number of hydrogen-bond acceptors (Lipinski definition) is 7. The highest BCUT2D eigenvalue weighted by Crippen LogP contribution is 2.32. The van der Waals surface area contributed by atoms with Gasteiger partial charge in [-0.15, -0.1) is 21.5 Å². The van der Waals surface area contributed by atoms with Gasteiger partial charge in [0.2, 0.25) is 5.91 Å². The first-order valence-corrected chi connectivity index (χ1v) is 12.5. The molecule has 7 nitrogen and oxygen atoms in total. The van der Waals surface area contributed by atoms with Gasteiger partial charge in [-0.1, -0.05) is 17.8 Å². The Morgan fingerprint density at radius 1 is 1.12 bits per heavy atom. The summed E-state index contributed by atoms with van der Waals surface area (Å²) in [6.07, 6.45) is 1.63. The van der Waals surface area contributed by atoms with Crippen LogP contribution in [-0.2, 0) is 11.8 Å². The lowest BCUT2D eigenvalue weighted by molar-refractivity contribution is -0.115. The molecule has 0 aliphatic heterocycles. The van der Waals surface area contributed by atoms with Gasteiger partial charge < -0.3 is 14.3 Å². The minimum absolute atomic E-state index is 0.0998. The number of nitrogens with zero attached hydrogens (tertiary/aromatic N) is 4. The van der Waals surface area contributed by atoms with Crippen LogP contribution < -0.4 is 5.32 Å². The maximum atomic E-state index is 12.8. The molecule has 172 valence electrons. The zero-order valence-corrected chi connectivity index (χ0v) is 20.8. The molecule has 1 N–H and O–H groups in total. The number of carbonyl (C=O) groups excluding carboxylic acids is 1. The van der Waals surface area contributed by atoms with Crippen molar-refractivity contribution < 1.29 is 9.21 Å². The van der Waals surface area contributed by atoms with Crippen LogP contribution in [0.25, 0.3) is 32.2 Å². The van der Waals surface area contributed by atoms with Crippen molar-refractivity contribution in [2.24, 2.45) is 7.05 Å². The summed E-state index contributed by atoms with van der Waals surface area (Å²) in [5.41, 5.74) is 4.89. The number of fused-ring (bicyclic) bond motifs is 1. The molecule has 0 aliphatic carbocycles. The smallest absolute Gasteiger partial charge is 0.237 e. The standard InChI is InChI=1S/C25H23N5O2S2/c1-14-5-10-20-21(13-14)34-24(27-20)17-6-8-18(9-7-17)26-23(31)16(3)33-25-29-28-22(30(25)4)19-11-12-32-15(19)2/h5-13,16H,1-4H3,(H,26,31). The lowest BCUT2D eigenvalue weighted by Gasteiger charge is -2.12. The predicted molar refractivity (Wildman–Crippen MR) is 137 cm³/mol. The van der Waals surface area contributed by atoms with Gasteiger partial charge in [0.05, 0.1) is 27.3 Å². The number of amides is 1. The molecule has 0 aliphatic rings. The zero-order chi connectivity index (χ0) is 23.8. The number of aryl methyl sites for hydroxylation is 2. The van der Waals surface area contributed by atoms with Gasteiger partial charge in [-0.05, 0) is 68.8 Å². The van der Waals surface area contributed by atoms with Gasteiger partial charge in [0.25, 0.3) is 0 Å². The highest BCUT2D eigenvalue weighted by Gasteiger charge is 2.21. The normalized spacial score (nSPS) is 12.2. The molecule has 9 heteroatoms. The molecule has 3 aromatic heterocycles. The zero-order valence-electron chi connectivity index (χ0n) is 19.2. The SMILES string of the molecule is Cc1ccc2nc(-c3ccc(NC(=O)C(C)Sc4nnc(-c5ccoc5C)n4C)cc3)sc2c1. The number of furan rings is 1. The molecule has 0 spiro atoms. The molecule has 3 heterocycles. The monoisotopic (exact) mass is 489 g/mol. The molecule has 5 rings (SSSR count). The molecule has 0 saturated carbocycles. The second kappa shape index (κ2) is 9.08. The topological polar surface area (TPSA) is 85.8 Å². The van der Waals surface area contributed by atoms with Crippen molar-refractivity contribution in [3.63, 3.8) is 0 Å². The third-order valence-corrected chi connectivity index (χ3v) is 7.73. The van der Waals surface area contributed by atoms with Crippen LogP contribution in [0.1, 0.15) is 18.2 Å². The van der Waals surface area contributed by atoms with E-state index in [1.165, 1.54) is 22.0 Å². The third kappa shape index (κ3) is 4.36. The fraction of sp³-hybridized carbons (Fsp3) is 0.200. The van der Waals surface area contributed by atoms with E-state index in [9.17, 15) is 4.79 Å². The van der Waals surface area contributed by atoms with E-state index in [2.05, 4.69) is 40.6 Å². The van der Waals surface area contributed by atoms with Crippen molar-refractivity contribution in [2.45, 2.75) is 31.2 Å². The van der Waals surface area contributed by atoms with E-state index in [0.717, 1.165) is 33.1 Å². The molecule has 0 saturated heterocycles. The molecule has 2 aromatic carbocycles. The molecule has 1 atom stereocenters. The first kappa shape index (κ1) is 22.4. The van der Waals surface area contributed by atoms with Crippen molar-refractivity contribution in [3.8, 4) is 22.0 Å². The van der Waals surface area contributed by atoms with Crippen LogP contribution in [0, 0.1) is 13.8 Å². The van der Waals surface area contributed by atoms with E-state index >= 15 is 0 Å². The number of nitrogens with one attached hydrogen (secondary N) is 1. The summed E-state index contributed by atoms with van der Waals surface area (Å²) in [5.74, 6) is 1.39. The summed E-state index contributed by atoms with van der Waals surface area (Å²) in [6, 6.07) is 15.9. The number of thioether (sulfide) groups is 1. The summed E-state index contributed by atoms with van der Waals surface area (Å²) in [5, 5.41) is 12.8. The molecule has 0 bridgehead atoms. The number of anilines is 1. The van der Waals surface area contributed by atoms with Crippen LogP contribution in [0.5, 0.6) is 0 Å². The van der Waals surface area contributed by atoms with Gasteiger partial charge in [-0.3, -0.25) is 4.79 Å². The summed E-state index contributed by atoms with van der Waals surface area (Å²) in [7, 11) is 1.89. The van der Waals surface area contributed by atoms with Gasteiger partial charge >= 0.3 is 0 Å². The van der Waals surface area contributed by atoms with Crippen LogP contribution >= 0.6 is 23.1 Å². The first-order chi connectivity index (χ1) is 16.4. The van der Waals surface area contributed by atoms with Gasteiger partial charge in [0, 0.05) is 18.3 Å². The van der Waals surface area contributed by atoms with Gasteiger partial charge in [0.1, 0.15) is 10.8 Å². The van der Waals surface area contributed by atoms with Crippen molar-refractivity contribution in [3.05, 3.63) is 66.1 Å². The maximum absolute atomic E-state index is 12.8. The van der Waals surface area contributed by atoms with E-state index < -0.39 is 0 Å².